The van der Waals surface area contributed by atoms with Crippen LogP contribution in [0.4, 0.5) is 17.1 Å². The third-order valence-electron chi connectivity index (χ3n) is 5.74. The Labute approximate surface area is 197 Å². The Morgan fingerprint density at radius 1 is 1.09 bits per heavy atom. The van der Waals surface area contributed by atoms with Crippen molar-refractivity contribution >= 4 is 40.7 Å². The minimum absolute atomic E-state index is 0.0255. The van der Waals surface area contributed by atoms with Gasteiger partial charge in [-0.2, -0.15) is 0 Å². The number of carbonyl (C=O) groups excluding carboxylic acids is 2. The summed E-state index contributed by atoms with van der Waals surface area (Å²) in [6.45, 7) is 1.80. The monoisotopic (exact) mass is 457 g/mol. The Kier molecular flexibility index (Phi) is 6.23. The highest BCUT2D eigenvalue weighted by molar-refractivity contribution is 6.08. The maximum Gasteiger partial charge on any atom is 0.255 e. The molecule has 0 unspecified atom stereocenters. The molecule has 0 saturated heterocycles. The van der Waals surface area contributed by atoms with Gasteiger partial charge >= 0.3 is 0 Å². The number of hydrogen-bond donors (Lipinski definition) is 4. The van der Waals surface area contributed by atoms with E-state index in [1.165, 1.54) is 0 Å². The van der Waals surface area contributed by atoms with Crippen LogP contribution < -0.4 is 11.1 Å². The van der Waals surface area contributed by atoms with E-state index in [0.717, 1.165) is 11.3 Å². The van der Waals surface area contributed by atoms with Crippen molar-refractivity contribution in [3.8, 4) is 5.88 Å². The number of amides is 2. The molecule has 0 bridgehead atoms. The maximum atomic E-state index is 12.5. The zero-order chi connectivity index (χ0) is 24.4. The van der Waals surface area contributed by atoms with E-state index in [1.807, 2.05) is 6.08 Å². The first-order valence-corrected chi connectivity index (χ1v) is 10.9. The fourth-order valence-corrected chi connectivity index (χ4v) is 3.98. The number of nitrogens with one attached hydrogen (secondary N) is 2. The van der Waals surface area contributed by atoms with Crippen molar-refractivity contribution in [1.29, 1.82) is 0 Å². The first-order valence-electron chi connectivity index (χ1n) is 10.9. The van der Waals surface area contributed by atoms with Crippen LogP contribution in [-0.2, 0) is 11.2 Å². The van der Waals surface area contributed by atoms with Gasteiger partial charge in [-0.15, -0.1) is 0 Å². The zero-order valence-electron chi connectivity index (χ0n) is 19.3. The third kappa shape index (κ3) is 4.56. The molecule has 0 saturated carbocycles. The van der Waals surface area contributed by atoms with Crippen LogP contribution in [-0.4, -0.2) is 46.6 Å². The second-order valence-corrected chi connectivity index (χ2v) is 8.40. The minimum Gasteiger partial charge on any atom is -0.494 e. The molecule has 2 amide bonds. The number of para-hydroxylation sites is 2. The van der Waals surface area contributed by atoms with Crippen molar-refractivity contribution in [2.45, 2.75) is 19.8 Å². The molecule has 1 aliphatic rings. The highest BCUT2D eigenvalue weighted by Crippen LogP contribution is 2.34. The van der Waals surface area contributed by atoms with Crippen molar-refractivity contribution in [1.82, 2.24) is 9.88 Å². The molecule has 3 aromatic rings. The summed E-state index contributed by atoms with van der Waals surface area (Å²) in [5.74, 6) is -0.291. The number of aryl methyl sites for hydroxylation is 1. The quantitative estimate of drug-likeness (QED) is 0.340. The second-order valence-electron chi connectivity index (χ2n) is 8.40. The molecular formula is C26H27N5O3. The van der Waals surface area contributed by atoms with Crippen molar-refractivity contribution in [2.24, 2.45) is 4.99 Å². The fourth-order valence-electron chi connectivity index (χ4n) is 3.98. The van der Waals surface area contributed by atoms with E-state index in [2.05, 4.69) is 15.3 Å². The van der Waals surface area contributed by atoms with Crippen molar-refractivity contribution < 1.29 is 14.7 Å². The molecule has 1 aliphatic carbocycles. The van der Waals surface area contributed by atoms with Gasteiger partial charge < -0.3 is 26.0 Å². The van der Waals surface area contributed by atoms with E-state index in [-0.39, 0.29) is 17.7 Å². The van der Waals surface area contributed by atoms with Crippen LogP contribution in [0, 0.1) is 0 Å². The lowest BCUT2D eigenvalue weighted by atomic mass is 9.93. The maximum absolute atomic E-state index is 12.5. The van der Waals surface area contributed by atoms with Crippen molar-refractivity contribution in [2.75, 3.05) is 25.1 Å². The number of aromatic hydroxyl groups is 1. The average Bonchev–Trinajstić information content (AvgIpc) is 3.15. The standard InChI is InChI=1S/C26H27N5O3/c1-15(23-19-14-17(26(34)31(2)3)10-13-21(19)29-25(23)33)28-18-11-8-16(9-12-18)24(32)30-22-7-5-4-6-20(22)27/h4-9,11-12,14,29,33H,10,13,27H2,1-3H3,(H,30,32). The predicted octanol–water partition coefficient (Wildman–Crippen LogP) is 4.11. The Hall–Kier alpha value is -4.33. The van der Waals surface area contributed by atoms with E-state index in [4.69, 9.17) is 5.73 Å². The van der Waals surface area contributed by atoms with Gasteiger partial charge in [-0.25, -0.2) is 0 Å². The lowest BCUT2D eigenvalue weighted by Crippen LogP contribution is -2.24. The van der Waals surface area contributed by atoms with Crippen molar-refractivity contribution in [3.63, 3.8) is 0 Å². The number of rotatable bonds is 5. The molecule has 0 atom stereocenters. The van der Waals surface area contributed by atoms with Crippen LogP contribution in [0.1, 0.15) is 40.5 Å². The van der Waals surface area contributed by atoms with E-state index in [1.54, 1.807) is 74.4 Å². The second kappa shape index (κ2) is 9.27. The summed E-state index contributed by atoms with van der Waals surface area (Å²) in [7, 11) is 3.44. The number of H-pyrrole nitrogens is 1. The van der Waals surface area contributed by atoms with Gasteiger partial charge in [0, 0.05) is 36.5 Å². The molecule has 5 N–H and O–H groups in total. The number of nitrogen functional groups attached to an aromatic ring is 1. The summed E-state index contributed by atoms with van der Waals surface area (Å²) in [4.78, 5) is 34.2. The van der Waals surface area contributed by atoms with Crippen LogP contribution in [0.2, 0.25) is 0 Å². The van der Waals surface area contributed by atoms with E-state index < -0.39 is 0 Å². The largest absolute Gasteiger partial charge is 0.494 e. The van der Waals surface area contributed by atoms with Gasteiger partial charge in [-0.05, 0) is 62.2 Å². The number of hydrogen-bond acceptors (Lipinski definition) is 5. The Balaban J connectivity index is 1.57. The lowest BCUT2D eigenvalue weighted by Gasteiger charge is -2.17. The molecule has 2 aromatic carbocycles. The smallest absolute Gasteiger partial charge is 0.255 e. The van der Waals surface area contributed by atoms with Gasteiger partial charge in [-0.3, -0.25) is 14.6 Å². The van der Waals surface area contributed by atoms with Gasteiger partial charge in [0.25, 0.3) is 5.91 Å². The number of benzene rings is 2. The van der Waals surface area contributed by atoms with E-state index >= 15 is 0 Å². The van der Waals surface area contributed by atoms with Gasteiger partial charge in [0.2, 0.25) is 5.91 Å². The number of carbonyl (C=O) groups is 2. The van der Waals surface area contributed by atoms with Crippen molar-refractivity contribution in [3.05, 3.63) is 76.5 Å². The first-order chi connectivity index (χ1) is 16.2. The van der Waals surface area contributed by atoms with E-state index in [9.17, 15) is 14.7 Å². The minimum atomic E-state index is -0.272. The highest BCUT2D eigenvalue weighted by atomic mass is 16.3. The summed E-state index contributed by atoms with van der Waals surface area (Å²) >= 11 is 0. The highest BCUT2D eigenvalue weighted by Gasteiger charge is 2.24. The molecule has 1 aromatic heterocycles. The molecule has 174 valence electrons. The molecule has 8 heteroatoms. The Bertz CT molecular complexity index is 1320. The summed E-state index contributed by atoms with van der Waals surface area (Å²) in [6.07, 6.45) is 3.07. The fraction of sp³-hybridized carbons (Fsp3) is 0.192. The number of fused-ring (bicyclic) bond motifs is 1. The summed E-state index contributed by atoms with van der Waals surface area (Å²) in [6, 6.07) is 13.9. The predicted molar refractivity (Wildman–Crippen MR) is 135 cm³/mol. The van der Waals surface area contributed by atoms with Gasteiger partial charge in [0.15, 0.2) is 5.88 Å². The number of aromatic nitrogens is 1. The number of likely N-dealkylation sites (N-methyl/N-ethyl adjacent to an activating group) is 1. The first kappa shape index (κ1) is 22.8. The molecule has 4 rings (SSSR count). The van der Waals surface area contributed by atoms with Gasteiger partial charge in [0.05, 0.1) is 28.3 Å². The van der Waals surface area contributed by atoms with Gasteiger partial charge in [0.1, 0.15) is 0 Å². The van der Waals surface area contributed by atoms with Crippen LogP contribution in [0.5, 0.6) is 5.88 Å². The Morgan fingerprint density at radius 2 is 1.79 bits per heavy atom. The molecule has 34 heavy (non-hydrogen) atoms. The lowest BCUT2D eigenvalue weighted by molar-refractivity contribution is -0.124. The van der Waals surface area contributed by atoms with E-state index in [0.29, 0.717) is 52.3 Å². The third-order valence-corrected chi connectivity index (χ3v) is 5.74. The molecule has 0 fully saturated rings. The van der Waals surface area contributed by atoms with Crippen LogP contribution in [0.25, 0.3) is 6.08 Å². The summed E-state index contributed by atoms with van der Waals surface area (Å²) in [5.41, 5.74) is 11.6. The zero-order valence-corrected chi connectivity index (χ0v) is 19.3. The normalized spacial score (nSPS) is 13.1. The van der Waals surface area contributed by atoms with Gasteiger partial charge in [-0.1, -0.05) is 12.1 Å². The molecule has 1 heterocycles. The number of anilines is 2. The number of nitrogens with zero attached hydrogens (tertiary/aromatic N) is 2. The van der Waals surface area contributed by atoms with Crippen LogP contribution in [0.3, 0.4) is 0 Å². The SMILES string of the molecule is CC(=Nc1ccc(C(=O)Nc2ccccc2N)cc1)c1c(O)[nH]c2c1C=C(C(=O)N(C)C)CC2. The topological polar surface area (TPSA) is 124 Å². The Morgan fingerprint density at radius 3 is 2.47 bits per heavy atom. The molecule has 0 aliphatic heterocycles. The molecule has 0 spiro atoms. The average molecular weight is 458 g/mol. The van der Waals surface area contributed by atoms with Crippen LogP contribution >= 0.6 is 0 Å². The summed E-state index contributed by atoms with van der Waals surface area (Å²) in [5, 5.41) is 13.3. The number of aromatic amines is 1. The molecule has 0 radical (unpaired) electrons. The summed E-state index contributed by atoms with van der Waals surface area (Å²) < 4.78 is 0. The number of aliphatic imine (C=N–C) groups is 1. The molecule has 8 nitrogen and oxygen atoms in total. The van der Waals surface area contributed by atoms with Crippen LogP contribution in [0.15, 0.2) is 59.1 Å². The molecular weight excluding hydrogens is 430 g/mol. The number of nitrogens with two attached hydrogens (primary N) is 1.